The van der Waals surface area contributed by atoms with Crippen LogP contribution < -0.4 is 5.14 Å². The van der Waals surface area contributed by atoms with Crippen molar-refractivity contribution in [2.45, 2.75) is 31.2 Å². The fourth-order valence-corrected chi connectivity index (χ4v) is 2.72. The normalized spacial score (nSPS) is 19.1. The third-order valence-corrected chi connectivity index (χ3v) is 4.27. The summed E-state index contributed by atoms with van der Waals surface area (Å²) in [6.45, 7) is 5.22. The van der Waals surface area contributed by atoms with E-state index in [4.69, 9.17) is 14.6 Å². The van der Waals surface area contributed by atoms with Crippen LogP contribution in [0.4, 0.5) is 0 Å². The lowest BCUT2D eigenvalue weighted by Gasteiger charge is -2.13. The molecule has 0 spiro atoms. The summed E-state index contributed by atoms with van der Waals surface area (Å²) in [7, 11) is -3.85. The summed E-state index contributed by atoms with van der Waals surface area (Å²) >= 11 is 0. The summed E-state index contributed by atoms with van der Waals surface area (Å²) in [6, 6.07) is 1.17. The van der Waals surface area contributed by atoms with Gasteiger partial charge < -0.3 is 14.0 Å². The molecule has 0 radical (unpaired) electrons. The Morgan fingerprint density at radius 2 is 2.29 bits per heavy atom. The Morgan fingerprint density at radius 3 is 2.81 bits per heavy atom. The second kappa shape index (κ2) is 6.17. The van der Waals surface area contributed by atoms with Crippen LogP contribution in [0.1, 0.15) is 36.8 Å². The van der Waals surface area contributed by atoms with Crippen molar-refractivity contribution in [3.8, 4) is 0 Å². The van der Waals surface area contributed by atoms with Crippen molar-refractivity contribution in [3.05, 3.63) is 18.0 Å². The smallest absolute Gasteiger partial charge is 0.355 e. The lowest BCUT2D eigenvalue weighted by atomic mass is 10.1. The van der Waals surface area contributed by atoms with Gasteiger partial charge in [-0.25, -0.2) is 18.4 Å². The van der Waals surface area contributed by atoms with Crippen LogP contribution in [0.3, 0.4) is 0 Å². The van der Waals surface area contributed by atoms with Crippen LogP contribution in [0.2, 0.25) is 0 Å². The highest BCUT2D eigenvalue weighted by Gasteiger charge is 2.23. The number of hydrogen-bond acceptors (Lipinski definition) is 5. The van der Waals surface area contributed by atoms with Crippen LogP contribution in [0.15, 0.2) is 17.2 Å². The topological polar surface area (TPSA) is 101 Å². The summed E-state index contributed by atoms with van der Waals surface area (Å²) in [5.74, 6) is -0.348. The van der Waals surface area contributed by atoms with Crippen molar-refractivity contribution in [3.63, 3.8) is 0 Å². The number of ether oxygens (including phenoxy) is 2. The SMILES string of the molecule is CC(C)n1cc(S(N)(=O)=O)cc1C(=O)OCC1CCOC1. The number of nitrogens with zero attached hydrogens (tertiary/aromatic N) is 1. The maximum atomic E-state index is 12.1. The Kier molecular flexibility index (Phi) is 4.70. The standard InChI is InChI=1S/C13H20N2O5S/c1-9(2)15-6-11(21(14,17)18)5-12(15)13(16)20-8-10-3-4-19-7-10/h5-6,9-10H,3-4,7-8H2,1-2H3,(H2,14,17,18). The molecule has 1 aromatic heterocycles. The number of carbonyl (C=O) groups is 1. The molecule has 118 valence electrons. The number of primary sulfonamides is 1. The first-order chi connectivity index (χ1) is 9.79. The van der Waals surface area contributed by atoms with E-state index < -0.39 is 16.0 Å². The molecule has 1 aromatic rings. The Hall–Kier alpha value is -1.38. The predicted octanol–water partition coefficient (Wildman–Crippen LogP) is 0.910. The molecule has 2 heterocycles. The number of hydrogen-bond donors (Lipinski definition) is 1. The molecule has 7 nitrogen and oxygen atoms in total. The minimum Gasteiger partial charge on any atom is -0.461 e. The van der Waals surface area contributed by atoms with Gasteiger partial charge in [-0.1, -0.05) is 0 Å². The van der Waals surface area contributed by atoms with Crippen molar-refractivity contribution in [2.24, 2.45) is 11.1 Å². The van der Waals surface area contributed by atoms with E-state index in [1.807, 2.05) is 13.8 Å². The van der Waals surface area contributed by atoms with Gasteiger partial charge in [-0.2, -0.15) is 0 Å². The number of esters is 1. The Bertz CT molecular complexity index is 615. The van der Waals surface area contributed by atoms with Crippen molar-refractivity contribution in [1.29, 1.82) is 0 Å². The number of aromatic nitrogens is 1. The monoisotopic (exact) mass is 316 g/mol. The quantitative estimate of drug-likeness (QED) is 0.814. The van der Waals surface area contributed by atoms with Crippen LogP contribution in [0.25, 0.3) is 0 Å². The van der Waals surface area contributed by atoms with Crippen LogP contribution >= 0.6 is 0 Å². The molecule has 1 aliphatic rings. The van der Waals surface area contributed by atoms with Crippen molar-refractivity contribution in [2.75, 3.05) is 19.8 Å². The van der Waals surface area contributed by atoms with E-state index in [0.29, 0.717) is 13.2 Å². The van der Waals surface area contributed by atoms with Gasteiger partial charge in [-0.05, 0) is 26.3 Å². The van der Waals surface area contributed by atoms with Crippen LogP contribution in [-0.2, 0) is 19.5 Å². The fraction of sp³-hybridized carbons (Fsp3) is 0.615. The molecule has 2 rings (SSSR count). The van der Waals surface area contributed by atoms with Gasteiger partial charge >= 0.3 is 5.97 Å². The molecular formula is C13H20N2O5S. The number of rotatable bonds is 5. The van der Waals surface area contributed by atoms with E-state index in [9.17, 15) is 13.2 Å². The molecule has 8 heteroatoms. The largest absolute Gasteiger partial charge is 0.461 e. The summed E-state index contributed by atoms with van der Waals surface area (Å²) in [5, 5.41) is 5.10. The molecule has 1 aliphatic heterocycles. The predicted molar refractivity (Wildman–Crippen MR) is 75.4 cm³/mol. The Balaban J connectivity index is 2.16. The molecule has 0 saturated carbocycles. The zero-order chi connectivity index (χ0) is 15.6. The van der Waals surface area contributed by atoms with Crippen LogP contribution in [0.5, 0.6) is 0 Å². The molecule has 0 aliphatic carbocycles. The first-order valence-corrected chi connectivity index (χ1v) is 8.33. The number of nitrogens with two attached hydrogens (primary N) is 1. The van der Waals surface area contributed by atoms with Gasteiger partial charge in [0.2, 0.25) is 10.0 Å². The van der Waals surface area contributed by atoms with Crippen molar-refractivity contribution < 1.29 is 22.7 Å². The van der Waals surface area contributed by atoms with Crippen molar-refractivity contribution in [1.82, 2.24) is 4.57 Å². The fourth-order valence-electron chi connectivity index (χ4n) is 2.18. The average Bonchev–Trinajstić information content (AvgIpc) is 3.04. The van der Waals surface area contributed by atoms with Gasteiger partial charge in [-0.15, -0.1) is 0 Å². The van der Waals surface area contributed by atoms with Gasteiger partial charge in [0.25, 0.3) is 0 Å². The lowest BCUT2D eigenvalue weighted by molar-refractivity contribution is 0.0414. The molecule has 1 fully saturated rings. The molecule has 2 N–H and O–H groups in total. The summed E-state index contributed by atoms with van der Waals surface area (Å²) in [6.07, 6.45) is 2.22. The number of sulfonamides is 1. The maximum Gasteiger partial charge on any atom is 0.355 e. The zero-order valence-electron chi connectivity index (χ0n) is 12.1. The minimum absolute atomic E-state index is 0.0853. The van der Waals surface area contributed by atoms with E-state index in [1.165, 1.54) is 12.3 Å². The van der Waals surface area contributed by atoms with Gasteiger partial charge in [0.15, 0.2) is 0 Å². The molecule has 1 unspecified atom stereocenters. The average molecular weight is 316 g/mol. The van der Waals surface area contributed by atoms with Crippen molar-refractivity contribution >= 4 is 16.0 Å². The second-order valence-electron chi connectivity index (χ2n) is 5.44. The van der Waals surface area contributed by atoms with E-state index in [0.717, 1.165) is 6.42 Å². The molecule has 1 atom stereocenters. The van der Waals surface area contributed by atoms with E-state index >= 15 is 0 Å². The first-order valence-electron chi connectivity index (χ1n) is 6.78. The lowest BCUT2D eigenvalue weighted by Crippen LogP contribution is -2.17. The number of carbonyl (C=O) groups excluding carboxylic acids is 1. The first kappa shape index (κ1) is 16.0. The summed E-state index contributed by atoms with van der Waals surface area (Å²) in [4.78, 5) is 12.1. The van der Waals surface area contributed by atoms with Gasteiger partial charge in [0, 0.05) is 24.8 Å². The van der Waals surface area contributed by atoms with Gasteiger partial charge in [-0.3, -0.25) is 0 Å². The van der Waals surface area contributed by atoms with Crippen LogP contribution in [-0.4, -0.2) is 38.8 Å². The van der Waals surface area contributed by atoms with Crippen LogP contribution in [0, 0.1) is 5.92 Å². The molecule has 1 saturated heterocycles. The summed E-state index contributed by atoms with van der Waals surface area (Å²) in [5.41, 5.74) is 0.188. The third kappa shape index (κ3) is 3.84. The summed E-state index contributed by atoms with van der Waals surface area (Å²) < 4.78 is 34.8. The third-order valence-electron chi connectivity index (χ3n) is 3.39. The molecule has 0 bridgehead atoms. The molecule has 21 heavy (non-hydrogen) atoms. The van der Waals surface area contributed by atoms with E-state index in [1.54, 1.807) is 4.57 Å². The Morgan fingerprint density at radius 1 is 1.57 bits per heavy atom. The highest BCUT2D eigenvalue weighted by atomic mass is 32.2. The van der Waals surface area contributed by atoms with E-state index in [-0.39, 0.29) is 29.2 Å². The molecule has 0 amide bonds. The molecular weight excluding hydrogens is 296 g/mol. The minimum atomic E-state index is -3.85. The zero-order valence-corrected chi connectivity index (χ0v) is 12.9. The van der Waals surface area contributed by atoms with Gasteiger partial charge in [0.05, 0.1) is 13.2 Å². The highest BCUT2D eigenvalue weighted by Crippen LogP contribution is 2.20. The second-order valence-corrected chi connectivity index (χ2v) is 7.00. The highest BCUT2D eigenvalue weighted by molar-refractivity contribution is 7.89. The maximum absolute atomic E-state index is 12.1. The van der Waals surface area contributed by atoms with E-state index in [2.05, 4.69) is 0 Å². The van der Waals surface area contributed by atoms with Gasteiger partial charge in [0.1, 0.15) is 10.6 Å². The molecule has 0 aromatic carbocycles. The Labute approximate surface area is 124 Å².